The normalized spacial score (nSPS) is 16.9. The fourth-order valence-electron chi connectivity index (χ4n) is 3.97. The van der Waals surface area contributed by atoms with Gasteiger partial charge in [-0.15, -0.1) is 0 Å². The number of rotatable bonds is 6. The average Bonchev–Trinajstić information content (AvgIpc) is 3.27. The molecule has 5 nitrogen and oxygen atoms in total. The molecule has 1 aliphatic heterocycles. The minimum absolute atomic E-state index is 0.0318. The van der Waals surface area contributed by atoms with Crippen LogP contribution in [0.1, 0.15) is 38.4 Å². The highest BCUT2D eigenvalue weighted by molar-refractivity contribution is 6.34. The number of hydrogen-bond acceptors (Lipinski definition) is 3. The number of fused-ring (bicyclic) bond motifs is 1. The molecule has 2 heterocycles. The Morgan fingerprint density at radius 1 is 1.24 bits per heavy atom. The first kappa shape index (κ1) is 19.8. The molecule has 0 radical (unpaired) electrons. The van der Waals surface area contributed by atoms with Crippen LogP contribution in [0.4, 0.5) is 5.69 Å². The average molecular weight is 412 g/mol. The fourth-order valence-corrected chi connectivity index (χ4v) is 4.19. The number of nitrogens with zero attached hydrogens (tertiary/aromatic N) is 3. The summed E-state index contributed by atoms with van der Waals surface area (Å²) in [5, 5.41) is 0.549. The molecule has 0 N–H and O–H groups in total. The van der Waals surface area contributed by atoms with E-state index in [4.69, 9.17) is 21.3 Å². The quantitative estimate of drug-likeness (QED) is 0.555. The van der Waals surface area contributed by atoms with Crippen molar-refractivity contribution in [3.05, 3.63) is 53.3 Å². The maximum atomic E-state index is 12.9. The van der Waals surface area contributed by atoms with Crippen LogP contribution in [0.2, 0.25) is 5.02 Å². The van der Waals surface area contributed by atoms with Crippen molar-refractivity contribution in [1.82, 2.24) is 9.55 Å². The van der Waals surface area contributed by atoms with E-state index in [1.54, 1.807) is 24.1 Å². The minimum atomic E-state index is 0.0318. The molecule has 0 aliphatic carbocycles. The Morgan fingerprint density at radius 3 is 2.79 bits per heavy atom. The molecule has 0 saturated carbocycles. The van der Waals surface area contributed by atoms with Gasteiger partial charge in [0.25, 0.3) is 0 Å². The van der Waals surface area contributed by atoms with Gasteiger partial charge in [0.15, 0.2) is 0 Å². The number of imidazole rings is 1. The second-order valence-electron chi connectivity index (χ2n) is 8.02. The SMILES string of the molecule is COc1ccc(Cl)c(N2C[C@@H](c3nc4ccccc4n3CCC(C)C)CC2=O)c1. The van der Waals surface area contributed by atoms with Gasteiger partial charge in [-0.1, -0.05) is 37.6 Å². The second-order valence-corrected chi connectivity index (χ2v) is 8.42. The Labute approximate surface area is 176 Å². The molecule has 1 aromatic heterocycles. The number of amides is 1. The summed E-state index contributed by atoms with van der Waals surface area (Å²) in [6, 6.07) is 13.6. The van der Waals surface area contributed by atoms with E-state index in [-0.39, 0.29) is 11.8 Å². The summed E-state index contributed by atoms with van der Waals surface area (Å²) in [6.07, 6.45) is 1.50. The van der Waals surface area contributed by atoms with Gasteiger partial charge >= 0.3 is 0 Å². The first-order chi connectivity index (χ1) is 14.0. The lowest BCUT2D eigenvalue weighted by Crippen LogP contribution is -2.25. The molecular formula is C23H26ClN3O2. The molecular weight excluding hydrogens is 386 g/mol. The number of methoxy groups -OCH3 is 1. The minimum Gasteiger partial charge on any atom is -0.497 e. The van der Waals surface area contributed by atoms with E-state index in [0.29, 0.717) is 35.3 Å². The van der Waals surface area contributed by atoms with Crippen molar-refractivity contribution in [2.24, 2.45) is 5.92 Å². The van der Waals surface area contributed by atoms with Crippen molar-refractivity contribution in [2.75, 3.05) is 18.6 Å². The van der Waals surface area contributed by atoms with Crippen LogP contribution >= 0.6 is 11.6 Å². The Balaban J connectivity index is 1.69. The third-order valence-corrected chi connectivity index (χ3v) is 5.87. The van der Waals surface area contributed by atoms with Crippen LogP contribution in [0, 0.1) is 5.92 Å². The van der Waals surface area contributed by atoms with Gasteiger partial charge in [-0.05, 0) is 36.6 Å². The summed E-state index contributed by atoms with van der Waals surface area (Å²) in [7, 11) is 1.61. The van der Waals surface area contributed by atoms with Gasteiger partial charge < -0.3 is 14.2 Å². The molecule has 6 heteroatoms. The summed E-state index contributed by atoms with van der Waals surface area (Å²) in [5.41, 5.74) is 2.81. The zero-order valence-electron chi connectivity index (χ0n) is 17.1. The lowest BCUT2D eigenvalue weighted by atomic mass is 10.1. The topological polar surface area (TPSA) is 47.4 Å². The highest BCUT2D eigenvalue weighted by Gasteiger charge is 2.35. The van der Waals surface area contributed by atoms with E-state index in [9.17, 15) is 4.79 Å². The number of benzene rings is 2. The molecule has 152 valence electrons. The Hall–Kier alpha value is -2.53. The van der Waals surface area contributed by atoms with Crippen LogP contribution in [0.3, 0.4) is 0 Å². The predicted molar refractivity (Wildman–Crippen MR) is 117 cm³/mol. The van der Waals surface area contributed by atoms with Gasteiger partial charge in [-0.2, -0.15) is 0 Å². The summed E-state index contributed by atoms with van der Waals surface area (Å²) >= 11 is 6.40. The first-order valence-corrected chi connectivity index (χ1v) is 10.4. The summed E-state index contributed by atoms with van der Waals surface area (Å²) in [4.78, 5) is 19.6. The molecule has 0 bridgehead atoms. The maximum absolute atomic E-state index is 12.9. The summed E-state index contributed by atoms with van der Waals surface area (Å²) < 4.78 is 7.61. The monoisotopic (exact) mass is 411 g/mol. The molecule has 1 fully saturated rings. The van der Waals surface area contributed by atoms with Crippen LogP contribution in [0.5, 0.6) is 5.75 Å². The fraction of sp³-hybridized carbons (Fsp3) is 0.391. The number of carbonyl (C=O) groups excluding carboxylic acids is 1. The molecule has 0 spiro atoms. The van der Waals surface area contributed by atoms with Gasteiger partial charge in [0, 0.05) is 31.5 Å². The molecule has 29 heavy (non-hydrogen) atoms. The third kappa shape index (κ3) is 3.84. The van der Waals surface area contributed by atoms with Crippen molar-refractivity contribution in [3.8, 4) is 5.75 Å². The zero-order chi connectivity index (χ0) is 20.5. The number of anilines is 1. The van der Waals surface area contributed by atoms with E-state index in [2.05, 4.69) is 24.5 Å². The molecule has 1 atom stereocenters. The van der Waals surface area contributed by atoms with Gasteiger partial charge in [-0.3, -0.25) is 4.79 Å². The van der Waals surface area contributed by atoms with Crippen molar-refractivity contribution in [3.63, 3.8) is 0 Å². The van der Waals surface area contributed by atoms with E-state index in [1.807, 2.05) is 24.3 Å². The standard InChI is InChI=1S/C23H26ClN3O2/c1-15(2)10-11-26-20-7-5-4-6-19(20)25-23(26)16-12-22(28)27(14-16)21-13-17(29-3)8-9-18(21)24/h4-9,13,15-16H,10-12,14H2,1-3H3/t16-/m0/s1. The second kappa shape index (κ2) is 8.07. The molecule has 4 rings (SSSR count). The molecule has 1 aliphatic rings. The molecule has 3 aromatic rings. The van der Waals surface area contributed by atoms with Gasteiger partial charge in [0.05, 0.1) is 28.9 Å². The largest absolute Gasteiger partial charge is 0.497 e. The Morgan fingerprint density at radius 2 is 2.03 bits per heavy atom. The van der Waals surface area contributed by atoms with Crippen LogP contribution in [0.15, 0.2) is 42.5 Å². The van der Waals surface area contributed by atoms with E-state index in [1.165, 1.54) is 0 Å². The maximum Gasteiger partial charge on any atom is 0.227 e. The zero-order valence-corrected chi connectivity index (χ0v) is 17.8. The van der Waals surface area contributed by atoms with Gasteiger partial charge in [-0.25, -0.2) is 4.98 Å². The number of halogens is 1. The van der Waals surface area contributed by atoms with Crippen LogP contribution in [-0.4, -0.2) is 29.1 Å². The number of carbonyl (C=O) groups is 1. The van der Waals surface area contributed by atoms with Crippen molar-refractivity contribution >= 4 is 34.2 Å². The highest BCUT2D eigenvalue weighted by atomic mass is 35.5. The molecule has 1 saturated heterocycles. The van der Waals surface area contributed by atoms with Crippen LogP contribution in [-0.2, 0) is 11.3 Å². The van der Waals surface area contributed by atoms with E-state index < -0.39 is 0 Å². The number of aryl methyl sites for hydroxylation is 1. The van der Waals surface area contributed by atoms with E-state index in [0.717, 1.165) is 29.8 Å². The number of ether oxygens (including phenoxy) is 1. The molecule has 2 aromatic carbocycles. The Bertz CT molecular complexity index is 1040. The smallest absolute Gasteiger partial charge is 0.227 e. The summed E-state index contributed by atoms with van der Waals surface area (Å²) in [5.74, 6) is 2.37. The predicted octanol–water partition coefficient (Wildman–Crippen LogP) is 5.26. The first-order valence-electron chi connectivity index (χ1n) is 10.1. The molecule has 1 amide bonds. The highest BCUT2D eigenvalue weighted by Crippen LogP contribution is 2.37. The molecule has 0 unspecified atom stereocenters. The number of aromatic nitrogens is 2. The number of hydrogen-bond donors (Lipinski definition) is 0. The van der Waals surface area contributed by atoms with Crippen LogP contribution in [0.25, 0.3) is 11.0 Å². The summed E-state index contributed by atoms with van der Waals surface area (Å²) in [6.45, 7) is 5.92. The van der Waals surface area contributed by atoms with Crippen LogP contribution < -0.4 is 9.64 Å². The van der Waals surface area contributed by atoms with Crippen molar-refractivity contribution in [1.29, 1.82) is 0 Å². The lowest BCUT2D eigenvalue weighted by molar-refractivity contribution is -0.117. The van der Waals surface area contributed by atoms with Crippen molar-refractivity contribution < 1.29 is 9.53 Å². The Kier molecular flexibility index (Phi) is 5.50. The van der Waals surface area contributed by atoms with Crippen molar-refractivity contribution in [2.45, 2.75) is 39.2 Å². The van der Waals surface area contributed by atoms with E-state index >= 15 is 0 Å². The van der Waals surface area contributed by atoms with Gasteiger partial charge in [0.2, 0.25) is 5.91 Å². The third-order valence-electron chi connectivity index (χ3n) is 5.55. The number of para-hydroxylation sites is 2. The lowest BCUT2D eigenvalue weighted by Gasteiger charge is -2.19. The van der Waals surface area contributed by atoms with Gasteiger partial charge in [0.1, 0.15) is 11.6 Å².